The Bertz CT molecular complexity index is 277. The Morgan fingerprint density at radius 3 is 2.50 bits per heavy atom. The Morgan fingerprint density at radius 2 is 1.93 bits per heavy atom. The van der Waals surface area contributed by atoms with E-state index in [4.69, 9.17) is 16.7 Å². The minimum atomic E-state index is 0.210. The minimum Gasteiger partial charge on any atom is -0.396 e. The third kappa shape index (κ3) is 3.95. The maximum Gasteiger partial charge on any atom is 0.0471 e. The summed E-state index contributed by atoms with van der Waals surface area (Å²) in [7, 11) is 0. The van der Waals surface area contributed by atoms with E-state index in [1.165, 1.54) is 11.1 Å². The highest BCUT2D eigenvalue weighted by molar-refractivity contribution is 6.17. The first-order valence-corrected chi connectivity index (χ1v) is 5.32. The molecule has 2 heteroatoms. The van der Waals surface area contributed by atoms with Gasteiger partial charge in [0.05, 0.1) is 0 Å². The summed E-state index contributed by atoms with van der Waals surface area (Å²) in [6.45, 7) is 0.210. The highest BCUT2D eigenvalue weighted by atomic mass is 35.5. The maximum atomic E-state index is 8.73. The predicted molar refractivity (Wildman–Crippen MR) is 61.6 cm³/mol. The van der Waals surface area contributed by atoms with Crippen LogP contribution in [0.2, 0.25) is 0 Å². The summed E-state index contributed by atoms with van der Waals surface area (Å²) in [4.78, 5) is 0. The molecule has 0 radical (unpaired) electrons. The summed E-state index contributed by atoms with van der Waals surface area (Å²) in [6.07, 6.45) is 5.75. The molecular weight excluding hydrogens is 196 g/mol. The second kappa shape index (κ2) is 6.63. The second-order valence-corrected chi connectivity index (χ2v) is 3.47. The molecule has 0 saturated heterocycles. The normalized spacial score (nSPS) is 11.0. The van der Waals surface area contributed by atoms with Crippen LogP contribution in [0.1, 0.15) is 17.5 Å². The van der Waals surface area contributed by atoms with E-state index in [1.807, 2.05) is 12.1 Å². The third-order valence-electron chi connectivity index (χ3n) is 1.97. The molecule has 1 N–H and O–H groups in total. The number of halogens is 1. The summed E-state index contributed by atoms with van der Waals surface area (Å²) in [5.74, 6) is 0.666. The van der Waals surface area contributed by atoms with Crippen molar-refractivity contribution in [3.63, 3.8) is 0 Å². The molecule has 1 aromatic rings. The number of hydrogen-bond acceptors (Lipinski definition) is 1. The van der Waals surface area contributed by atoms with Crippen LogP contribution in [0.25, 0.3) is 6.08 Å². The van der Waals surface area contributed by atoms with E-state index < -0.39 is 0 Å². The molecule has 0 fully saturated rings. The van der Waals surface area contributed by atoms with Gasteiger partial charge in [0, 0.05) is 12.5 Å². The van der Waals surface area contributed by atoms with Gasteiger partial charge < -0.3 is 5.11 Å². The molecule has 0 spiro atoms. The zero-order valence-electron chi connectivity index (χ0n) is 8.12. The van der Waals surface area contributed by atoms with E-state index in [9.17, 15) is 0 Å². The molecule has 1 nitrogen and oxygen atoms in total. The van der Waals surface area contributed by atoms with E-state index in [-0.39, 0.29) is 6.61 Å². The average molecular weight is 211 g/mol. The third-order valence-corrected chi connectivity index (χ3v) is 2.18. The van der Waals surface area contributed by atoms with Gasteiger partial charge in [0.2, 0.25) is 0 Å². The first-order chi connectivity index (χ1) is 6.86. The van der Waals surface area contributed by atoms with Crippen molar-refractivity contribution in [1.29, 1.82) is 0 Å². The highest BCUT2D eigenvalue weighted by Gasteiger charge is 1.90. The van der Waals surface area contributed by atoms with E-state index in [0.717, 1.165) is 12.8 Å². The molecule has 0 unspecified atom stereocenters. The van der Waals surface area contributed by atoms with Crippen LogP contribution in [-0.2, 0) is 6.42 Å². The van der Waals surface area contributed by atoms with Crippen LogP contribution in [0.5, 0.6) is 0 Å². The van der Waals surface area contributed by atoms with Crippen molar-refractivity contribution >= 4 is 17.7 Å². The first-order valence-electron chi connectivity index (χ1n) is 4.79. The summed E-state index contributed by atoms with van der Waals surface area (Å²) in [6, 6.07) is 8.18. The Kier molecular flexibility index (Phi) is 5.35. The van der Waals surface area contributed by atoms with Crippen molar-refractivity contribution in [3.8, 4) is 0 Å². The van der Waals surface area contributed by atoms with E-state index in [0.29, 0.717) is 5.88 Å². The van der Waals surface area contributed by atoms with Crippen molar-refractivity contribution in [2.24, 2.45) is 0 Å². The van der Waals surface area contributed by atoms with Crippen LogP contribution < -0.4 is 0 Å². The van der Waals surface area contributed by atoms with Crippen molar-refractivity contribution in [2.45, 2.75) is 12.8 Å². The molecule has 14 heavy (non-hydrogen) atoms. The van der Waals surface area contributed by atoms with Crippen molar-refractivity contribution < 1.29 is 5.11 Å². The topological polar surface area (TPSA) is 20.2 Å². The molecule has 1 aromatic carbocycles. The Balaban J connectivity index is 2.54. The zero-order chi connectivity index (χ0) is 10.2. The van der Waals surface area contributed by atoms with Gasteiger partial charge in [-0.1, -0.05) is 36.4 Å². The van der Waals surface area contributed by atoms with Crippen molar-refractivity contribution in [2.75, 3.05) is 12.5 Å². The SMILES string of the molecule is OCCc1ccc(C=CCCCl)cc1. The predicted octanol–water partition coefficient (Wildman–Crippen LogP) is 2.86. The van der Waals surface area contributed by atoms with Crippen molar-refractivity contribution in [1.82, 2.24) is 0 Å². The smallest absolute Gasteiger partial charge is 0.0471 e. The fourth-order valence-corrected chi connectivity index (χ4v) is 1.33. The number of aliphatic hydroxyl groups is 1. The highest BCUT2D eigenvalue weighted by Crippen LogP contribution is 2.07. The van der Waals surface area contributed by atoms with Gasteiger partial charge in [-0.3, -0.25) is 0 Å². The van der Waals surface area contributed by atoms with Gasteiger partial charge in [0.1, 0.15) is 0 Å². The number of hydrogen-bond donors (Lipinski definition) is 1. The zero-order valence-corrected chi connectivity index (χ0v) is 8.87. The van der Waals surface area contributed by atoms with Gasteiger partial charge in [0.25, 0.3) is 0 Å². The maximum absolute atomic E-state index is 8.73. The monoisotopic (exact) mass is 210 g/mol. The molecule has 76 valence electrons. The van der Waals surface area contributed by atoms with Gasteiger partial charge in [-0.15, -0.1) is 11.6 Å². The van der Waals surface area contributed by atoms with E-state index in [2.05, 4.69) is 24.3 Å². The summed E-state index contributed by atoms with van der Waals surface area (Å²) >= 11 is 5.56. The lowest BCUT2D eigenvalue weighted by atomic mass is 10.1. The molecule has 1 rings (SSSR count). The Hall–Kier alpha value is -0.790. The second-order valence-electron chi connectivity index (χ2n) is 3.10. The molecule has 0 heterocycles. The van der Waals surface area contributed by atoms with Gasteiger partial charge in [0.15, 0.2) is 0 Å². The van der Waals surface area contributed by atoms with Gasteiger partial charge in [-0.25, -0.2) is 0 Å². The van der Waals surface area contributed by atoms with Crippen LogP contribution in [0.15, 0.2) is 30.3 Å². The van der Waals surface area contributed by atoms with Crippen LogP contribution in [-0.4, -0.2) is 17.6 Å². The van der Waals surface area contributed by atoms with Gasteiger partial charge >= 0.3 is 0 Å². The molecule has 0 aliphatic carbocycles. The standard InChI is InChI=1S/C12H15ClO/c13-9-2-1-3-11-4-6-12(7-5-11)8-10-14/h1,3-7,14H,2,8-10H2. The number of allylic oxidation sites excluding steroid dienone is 1. The first kappa shape index (κ1) is 11.3. The average Bonchev–Trinajstić information content (AvgIpc) is 2.21. The number of alkyl halides is 1. The van der Waals surface area contributed by atoms with E-state index >= 15 is 0 Å². The molecule has 0 aromatic heterocycles. The van der Waals surface area contributed by atoms with Gasteiger partial charge in [-0.2, -0.15) is 0 Å². The molecular formula is C12H15ClO. The molecule has 0 amide bonds. The number of benzene rings is 1. The largest absolute Gasteiger partial charge is 0.396 e. The lowest BCUT2D eigenvalue weighted by Gasteiger charge is -1.98. The Labute approximate surface area is 90.0 Å². The number of aliphatic hydroxyl groups excluding tert-OH is 1. The van der Waals surface area contributed by atoms with Gasteiger partial charge in [-0.05, 0) is 24.0 Å². The lowest BCUT2D eigenvalue weighted by Crippen LogP contribution is -1.89. The minimum absolute atomic E-state index is 0.210. The molecule has 0 aliphatic heterocycles. The molecule has 0 aliphatic rings. The van der Waals surface area contributed by atoms with Crippen LogP contribution >= 0.6 is 11.6 Å². The fourth-order valence-electron chi connectivity index (χ4n) is 1.21. The van der Waals surface area contributed by atoms with E-state index in [1.54, 1.807) is 0 Å². The van der Waals surface area contributed by atoms with Crippen molar-refractivity contribution in [3.05, 3.63) is 41.5 Å². The molecule has 0 bridgehead atoms. The lowest BCUT2D eigenvalue weighted by molar-refractivity contribution is 0.299. The quantitative estimate of drug-likeness (QED) is 0.742. The fraction of sp³-hybridized carbons (Fsp3) is 0.333. The van der Waals surface area contributed by atoms with Crippen LogP contribution in [0, 0.1) is 0 Å². The summed E-state index contributed by atoms with van der Waals surface area (Å²) < 4.78 is 0. The van der Waals surface area contributed by atoms with Crippen LogP contribution in [0.4, 0.5) is 0 Å². The summed E-state index contributed by atoms with van der Waals surface area (Å²) in [5, 5.41) is 8.73. The Morgan fingerprint density at radius 1 is 1.21 bits per heavy atom. The van der Waals surface area contributed by atoms with Crippen LogP contribution in [0.3, 0.4) is 0 Å². The molecule has 0 saturated carbocycles. The molecule has 0 atom stereocenters. The summed E-state index contributed by atoms with van der Waals surface area (Å²) in [5.41, 5.74) is 2.35. The number of rotatable bonds is 5.